The lowest BCUT2D eigenvalue weighted by molar-refractivity contribution is -0.130. The first kappa shape index (κ1) is 10.1. The number of aliphatic carboxylic acids is 1. The summed E-state index contributed by atoms with van der Waals surface area (Å²) in [6, 6.07) is 0. The molecule has 0 bridgehead atoms. The van der Waals surface area contributed by atoms with Crippen LogP contribution in [0, 0.1) is 17.8 Å². The highest BCUT2D eigenvalue weighted by Gasteiger charge is 2.23. The van der Waals surface area contributed by atoms with Crippen LogP contribution in [0.25, 0.3) is 0 Å². The zero-order chi connectivity index (χ0) is 9.90. The van der Waals surface area contributed by atoms with Crippen molar-refractivity contribution in [2.75, 3.05) is 11.5 Å². The summed E-state index contributed by atoms with van der Waals surface area (Å²) >= 11 is 0. The Morgan fingerprint density at radius 3 is 2.69 bits per heavy atom. The second-order valence-corrected chi connectivity index (χ2v) is 5.26. The van der Waals surface area contributed by atoms with E-state index >= 15 is 0 Å². The number of carboxylic acid groups (broad SMARTS) is 1. The summed E-state index contributed by atoms with van der Waals surface area (Å²) in [5.74, 6) is 3.11. The molecule has 5 heteroatoms. The third-order valence-corrected chi connectivity index (χ3v) is 3.67. The summed E-state index contributed by atoms with van der Waals surface area (Å²) in [6.45, 7) is 0. The molecule has 0 spiro atoms. The molecule has 0 aliphatic carbocycles. The van der Waals surface area contributed by atoms with Gasteiger partial charge >= 0.3 is 5.97 Å². The minimum absolute atomic E-state index is 0.00722. The average molecular weight is 202 g/mol. The van der Waals surface area contributed by atoms with Crippen molar-refractivity contribution in [3.05, 3.63) is 0 Å². The summed E-state index contributed by atoms with van der Waals surface area (Å²) in [7, 11) is -2.98. The van der Waals surface area contributed by atoms with Gasteiger partial charge in [-0.3, -0.25) is 0 Å². The number of sulfone groups is 1. The lowest BCUT2D eigenvalue weighted by atomic mass is 10.1. The molecular weight excluding hydrogens is 192 g/mol. The van der Waals surface area contributed by atoms with Crippen molar-refractivity contribution in [2.24, 2.45) is 5.92 Å². The molecule has 1 atom stereocenters. The van der Waals surface area contributed by atoms with Gasteiger partial charge in [0.1, 0.15) is 0 Å². The van der Waals surface area contributed by atoms with Gasteiger partial charge in [-0.05, 0) is 12.8 Å². The Hall–Kier alpha value is -1.02. The van der Waals surface area contributed by atoms with E-state index in [4.69, 9.17) is 5.11 Å². The monoisotopic (exact) mass is 202 g/mol. The van der Waals surface area contributed by atoms with Crippen LogP contribution in [0.3, 0.4) is 0 Å². The molecule has 1 aliphatic rings. The van der Waals surface area contributed by atoms with Crippen molar-refractivity contribution >= 4 is 15.8 Å². The van der Waals surface area contributed by atoms with Gasteiger partial charge in [0, 0.05) is 11.8 Å². The van der Waals surface area contributed by atoms with Crippen LogP contribution < -0.4 is 0 Å². The molecular formula is C8H10O4S. The van der Waals surface area contributed by atoms with Crippen LogP contribution >= 0.6 is 0 Å². The van der Waals surface area contributed by atoms with Gasteiger partial charge in [0.15, 0.2) is 9.84 Å². The highest BCUT2D eigenvalue weighted by atomic mass is 32.2. The van der Waals surface area contributed by atoms with Gasteiger partial charge in [0.25, 0.3) is 0 Å². The third kappa shape index (κ3) is 3.47. The van der Waals surface area contributed by atoms with Crippen molar-refractivity contribution in [3.63, 3.8) is 0 Å². The summed E-state index contributed by atoms with van der Waals surface area (Å²) in [4.78, 5) is 10.1. The molecule has 0 saturated carbocycles. The van der Waals surface area contributed by atoms with E-state index in [9.17, 15) is 13.2 Å². The Labute approximate surface area is 76.9 Å². The minimum atomic E-state index is -2.98. The van der Waals surface area contributed by atoms with E-state index in [1.165, 1.54) is 0 Å². The Kier molecular flexibility index (Phi) is 2.94. The summed E-state index contributed by atoms with van der Waals surface area (Å²) in [5, 5.41) is 8.25. The van der Waals surface area contributed by atoms with Gasteiger partial charge in [-0.1, -0.05) is 5.92 Å². The van der Waals surface area contributed by atoms with E-state index in [0.717, 1.165) is 0 Å². The number of hydrogen-bond donors (Lipinski definition) is 1. The first-order valence-corrected chi connectivity index (χ1v) is 5.76. The van der Waals surface area contributed by atoms with Crippen molar-refractivity contribution < 1.29 is 18.3 Å². The van der Waals surface area contributed by atoms with E-state index in [-0.39, 0.29) is 17.4 Å². The van der Waals surface area contributed by atoms with E-state index < -0.39 is 15.8 Å². The largest absolute Gasteiger partial charge is 0.472 e. The van der Waals surface area contributed by atoms with E-state index in [1.54, 1.807) is 0 Å². The van der Waals surface area contributed by atoms with Gasteiger partial charge in [-0.2, -0.15) is 0 Å². The quantitative estimate of drug-likeness (QED) is 0.557. The highest BCUT2D eigenvalue weighted by molar-refractivity contribution is 7.91. The Balaban J connectivity index is 2.65. The van der Waals surface area contributed by atoms with Crippen LogP contribution in [0.1, 0.15) is 12.8 Å². The maximum atomic E-state index is 11.1. The van der Waals surface area contributed by atoms with Gasteiger partial charge < -0.3 is 5.11 Å². The maximum absolute atomic E-state index is 11.1. The molecule has 1 heterocycles. The van der Waals surface area contributed by atoms with E-state index in [1.807, 2.05) is 5.92 Å². The van der Waals surface area contributed by atoms with Crippen LogP contribution in [0.2, 0.25) is 0 Å². The zero-order valence-corrected chi connectivity index (χ0v) is 7.80. The first-order valence-electron chi connectivity index (χ1n) is 3.94. The summed E-state index contributed by atoms with van der Waals surface area (Å²) in [5.41, 5.74) is 0. The van der Waals surface area contributed by atoms with Crippen LogP contribution in [0.4, 0.5) is 0 Å². The fourth-order valence-electron chi connectivity index (χ4n) is 1.30. The molecule has 13 heavy (non-hydrogen) atoms. The first-order chi connectivity index (χ1) is 5.99. The number of carboxylic acids is 1. The molecule has 0 radical (unpaired) electrons. The topological polar surface area (TPSA) is 71.4 Å². The molecule has 1 saturated heterocycles. The predicted molar refractivity (Wildman–Crippen MR) is 46.8 cm³/mol. The predicted octanol–water partition coefficient (Wildman–Crippen LogP) is -0.101. The van der Waals surface area contributed by atoms with Crippen LogP contribution in [0.15, 0.2) is 0 Å². The minimum Gasteiger partial charge on any atom is -0.472 e. The van der Waals surface area contributed by atoms with E-state index in [2.05, 4.69) is 5.92 Å². The average Bonchev–Trinajstić information content (AvgIpc) is 1.99. The molecule has 72 valence electrons. The van der Waals surface area contributed by atoms with Crippen LogP contribution in [-0.4, -0.2) is 31.0 Å². The SMILES string of the molecule is O=C(O)C#CC1CCCS(=O)(=O)C1. The van der Waals surface area contributed by atoms with Crippen molar-refractivity contribution in [1.82, 2.24) is 0 Å². The molecule has 0 amide bonds. The number of hydrogen-bond acceptors (Lipinski definition) is 3. The molecule has 0 aromatic rings. The maximum Gasteiger partial charge on any atom is 0.381 e. The van der Waals surface area contributed by atoms with Gasteiger partial charge in [0.2, 0.25) is 0 Å². The Morgan fingerprint density at radius 2 is 2.15 bits per heavy atom. The fraction of sp³-hybridized carbons (Fsp3) is 0.625. The molecule has 1 rings (SSSR count). The third-order valence-electron chi connectivity index (χ3n) is 1.85. The standard InChI is InChI=1S/C8H10O4S/c9-8(10)4-3-7-2-1-5-13(11,12)6-7/h7H,1-2,5-6H2,(H,9,10). The smallest absolute Gasteiger partial charge is 0.381 e. The molecule has 1 fully saturated rings. The summed E-state index contributed by atoms with van der Waals surface area (Å²) < 4.78 is 22.2. The van der Waals surface area contributed by atoms with Gasteiger partial charge in [-0.25, -0.2) is 13.2 Å². The second kappa shape index (κ2) is 3.79. The molecule has 1 unspecified atom stereocenters. The molecule has 0 aromatic heterocycles. The summed E-state index contributed by atoms with van der Waals surface area (Å²) in [6.07, 6.45) is 1.26. The van der Waals surface area contributed by atoms with Crippen molar-refractivity contribution in [1.29, 1.82) is 0 Å². The lowest BCUT2D eigenvalue weighted by Crippen LogP contribution is -2.24. The molecule has 1 N–H and O–H groups in total. The van der Waals surface area contributed by atoms with Gasteiger partial charge in [-0.15, -0.1) is 0 Å². The van der Waals surface area contributed by atoms with Crippen molar-refractivity contribution in [3.8, 4) is 11.8 Å². The zero-order valence-electron chi connectivity index (χ0n) is 6.99. The second-order valence-electron chi connectivity index (χ2n) is 3.03. The lowest BCUT2D eigenvalue weighted by Gasteiger charge is -2.16. The van der Waals surface area contributed by atoms with Crippen molar-refractivity contribution in [2.45, 2.75) is 12.8 Å². The fourth-order valence-corrected chi connectivity index (χ4v) is 2.94. The van der Waals surface area contributed by atoms with Crippen LogP contribution in [-0.2, 0) is 14.6 Å². The number of rotatable bonds is 0. The van der Waals surface area contributed by atoms with E-state index in [0.29, 0.717) is 12.8 Å². The highest BCUT2D eigenvalue weighted by Crippen LogP contribution is 2.17. The molecule has 4 nitrogen and oxygen atoms in total. The Bertz CT molecular complexity index is 357. The molecule has 1 aliphatic heterocycles. The number of carbonyl (C=O) groups is 1. The molecule has 0 aromatic carbocycles. The Morgan fingerprint density at radius 1 is 1.46 bits per heavy atom. The van der Waals surface area contributed by atoms with Crippen LogP contribution in [0.5, 0.6) is 0 Å². The van der Waals surface area contributed by atoms with Gasteiger partial charge in [0.05, 0.1) is 11.5 Å². The normalized spacial score (nSPS) is 25.7.